The lowest BCUT2D eigenvalue weighted by molar-refractivity contribution is 0.0766. The molecule has 2 N–H and O–H groups in total. The Bertz CT molecular complexity index is 753. The van der Waals surface area contributed by atoms with Crippen LogP contribution in [0, 0.1) is 0 Å². The smallest absolute Gasteiger partial charge is 0.323 e. The average Bonchev–Trinajstić information content (AvgIpc) is 3.16. The van der Waals surface area contributed by atoms with Gasteiger partial charge in [0.2, 0.25) is 5.88 Å². The van der Waals surface area contributed by atoms with E-state index in [9.17, 15) is 9.59 Å². The summed E-state index contributed by atoms with van der Waals surface area (Å²) in [7, 11) is 3.75. The highest BCUT2D eigenvalue weighted by Crippen LogP contribution is 2.19. The van der Waals surface area contributed by atoms with Crippen molar-refractivity contribution in [1.82, 2.24) is 24.8 Å². The molecule has 0 saturated carbocycles. The first kappa shape index (κ1) is 15.1. The highest BCUT2D eigenvalue weighted by atomic mass is 16.5. The molecule has 3 rings (SSSR count). The molecule has 1 saturated heterocycles. The van der Waals surface area contributed by atoms with E-state index in [1.165, 1.54) is 6.20 Å². The third-order valence-corrected chi connectivity index (χ3v) is 3.60. The van der Waals surface area contributed by atoms with Crippen molar-refractivity contribution in [3.63, 3.8) is 0 Å². The summed E-state index contributed by atoms with van der Waals surface area (Å²) >= 11 is 0. The number of likely N-dealkylation sites (tertiary alicyclic amines) is 1. The van der Waals surface area contributed by atoms with E-state index in [1.807, 2.05) is 19.0 Å². The maximum absolute atomic E-state index is 12.2. The molecule has 3 heterocycles. The minimum absolute atomic E-state index is 0.142. The molecule has 1 aliphatic rings. The lowest BCUT2D eigenvalue weighted by Crippen LogP contribution is -2.31. The predicted octanol–water partition coefficient (Wildman–Crippen LogP) is -0.147. The van der Waals surface area contributed by atoms with Crippen LogP contribution in [-0.2, 0) is 0 Å². The summed E-state index contributed by atoms with van der Waals surface area (Å²) < 4.78 is 5.81. The fourth-order valence-corrected chi connectivity index (χ4v) is 2.41. The largest absolute Gasteiger partial charge is 0.471 e. The maximum Gasteiger partial charge on any atom is 0.323 e. The van der Waals surface area contributed by atoms with Crippen molar-refractivity contribution in [1.29, 1.82) is 0 Å². The van der Waals surface area contributed by atoms with Crippen LogP contribution in [0.2, 0.25) is 0 Å². The van der Waals surface area contributed by atoms with Gasteiger partial charge >= 0.3 is 5.69 Å². The van der Waals surface area contributed by atoms with Crippen LogP contribution in [0.25, 0.3) is 0 Å². The van der Waals surface area contributed by atoms with Crippen LogP contribution in [-0.4, -0.2) is 64.0 Å². The molecular formula is C14H18N6O3. The minimum Gasteiger partial charge on any atom is -0.471 e. The number of rotatable bonds is 4. The summed E-state index contributed by atoms with van der Waals surface area (Å²) in [6.45, 7) is 1.01. The van der Waals surface area contributed by atoms with Gasteiger partial charge in [0.1, 0.15) is 11.8 Å². The van der Waals surface area contributed by atoms with Gasteiger partial charge in [0, 0.05) is 33.3 Å². The van der Waals surface area contributed by atoms with E-state index in [-0.39, 0.29) is 17.7 Å². The number of hydrogen-bond donors (Lipinski definition) is 2. The number of H-pyrrole nitrogens is 2. The second-order valence-corrected chi connectivity index (χ2v) is 5.55. The number of carbonyl (C=O) groups is 1. The number of amides is 1. The Hall–Kier alpha value is -2.84. The molecule has 1 atom stereocenters. The van der Waals surface area contributed by atoms with Gasteiger partial charge in [-0.15, -0.1) is 0 Å². The number of aromatic amines is 2. The van der Waals surface area contributed by atoms with Crippen LogP contribution < -0.4 is 15.3 Å². The average molecular weight is 318 g/mol. The van der Waals surface area contributed by atoms with Gasteiger partial charge in [-0.1, -0.05) is 0 Å². The fraction of sp³-hybridized carbons (Fsp3) is 0.429. The Morgan fingerprint density at radius 3 is 2.96 bits per heavy atom. The second kappa shape index (κ2) is 6.11. The van der Waals surface area contributed by atoms with Gasteiger partial charge in [-0.3, -0.25) is 9.78 Å². The zero-order valence-corrected chi connectivity index (χ0v) is 12.9. The number of anilines is 1. The van der Waals surface area contributed by atoms with Crippen LogP contribution in [0.4, 0.5) is 5.82 Å². The van der Waals surface area contributed by atoms with Crippen LogP contribution in [0.1, 0.15) is 16.9 Å². The van der Waals surface area contributed by atoms with Gasteiger partial charge in [-0.25, -0.2) is 4.79 Å². The van der Waals surface area contributed by atoms with E-state index >= 15 is 0 Å². The van der Waals surface area contributed by atoms with E-state index in [0.29, 0.717) is 31.2 Å². The van der Waals surface area contributed by atoms with Crippen molar-refractivity contribution in [3.8, 4) is 5.88 Å². The molecule has 1 aliphatic heterocycles. The number of ether oxygens (including phenoxy) is 1. The number of nitrogens with one attached hydrogen (secondary N) is 2. The number of carbonyl (C=O) groups excluding carboxylic acids is 1. The van der Waals surface area contributed by atoms with E-state index in [4.69, 9.17) is 4.74 Å². The third kappa shape index (κ3) is 3.33. The minimum atomic E-state index is -0.392. The molecule has 2 aromatic rings. The van der Waals surface area contributed by atoms with Crippen LogP contribution in [0.15, 0.2) is 23.4 Å². The number of hydrogen-bond acceptors (Lipinski definition) is 6. The molecule has 0 bridgehead atoms. The van der Waals surface area contributed by atoms with Gasteiger partial charge in [-0.05, 0) is 0 Å². The second-order valence-electron chi connectivity index (χ2n) is 5.55. The van der Waals surface area contributed by atoms with Crippen molar-refractivity contribution in [2.24, 2.45) is 0 Å². The van der Waals surface area contributed by atoms with Gasteiger partial charge in [0.25, 0.3) is 5.91 Å². The summed E-state index contributed by atoms with van der Waals surface area (Å²) in [6, 6.07) is 0. The van der Waals surface area contributed by atoms with Gasteiger partial charge in [0.15, 0.2) is 5.82 Å². The topological polar surface area (TPSA) is 107 Å². The van der Waals surface area contributed by atoms with E-state index in [2.05, 4.69) is 19.9 Å². The quantitative estimate of drug-likeness (QED) is 0.812. The Balaban J connectivity index is 1.63. The van der Waals surface area contributed by atoms with Gasteiger partial charge in [0.05, 0.1) is 18.9 Å². The first-order valence-corrected chi connectivity index (χ1v) is 7.26. The van der Waals surface area contributed by atoms with Crippen molar-refractivity contribution < 1.29 is 9.53 Å². The summed E-state index contributed by atoms with van der Waals surface area (Å²) in [5, 5.41) is 0. The molecule has 1 amide bonds. The van der Waals surface area contributed by atoms with E-state index < -0.39 is 5.69 Å². The van der Waals surface area contributed by atoms with Crippen LogP contribution in [0.3, 0.4) is 0 Å². The summed E-state index contributed by atoms with van der Waals surface area (Å²) in [4.78, 5) is 40.2. The van der Waals surface area contributed by atoms with E-state index in [1.54, 1.807) is 17.3 Å². The molecule has 23 heavy (non-hydrogen) atoms. The predicted molar refractivity (Wildman–Crippen MR) is 82.7 cm³/mol. The summed E-state index contributed by atoms with van der Waals surface area (Å²) in [5.41, 5.74) is -0.138. The lowest BCUT2D eigenvalue weighted by atomic mass is 10.3. The van der Waals surface area contributed by atoms with Crippen molar-refractivity contribution >= 4 is 11.7 Å². The lowest BCUT2D eigenvalue weighted by Gasteiger charge is -2.17. The molecule has 0 aromatic carbocycles. The molecule has 9 heteroatoms. The standard InChI is InChI=1S/C14H18N6O3/c1-19(2)11-6-15-7-12(18-11)23-9-3-4-20(8-9)13(21)10-5-16-14(22)17-10/h5-7,9H,3-4,8H2,1-2H3,(H2,16,17,22)/t9-/m1/s1. The summed E-state index contributed by atoms with van der Waals surface area (Å²) in [6.07, 6.45) is 5.15. The molecule has 0 radical (unpaired) electrons. The molecule has 0 unspecified atom stereocenters. The molecule has 122 valence electrons. The molecular weight excluding hydrogens is 300 g/mol. The molecule has 2 aromatic heterocycles. The van der Waals surface area contributed by atoms with Crippen LogP contribution in [0.5, 0.6) is 5.88 Å². The first-order valence-electron chi connectivity index (χ1n) is 7.26. The highest BCUT2D eigenvalue weighted by molar-refractivity contribution is 5.92. The fourth-order valence-electron chi connectivity index (χ4n) is 2.41. The Kier molecular flexibility index (Phi) is 4.00. The number of aromatic nitrogens is 4. The molecule has 9 nitrogen and oxygen atoms in total. The van der Waals surface area contributed by atoms with Crippen LogP contribution >= 0.6 is 0 Å². The monoisotopic (exact) mass is 318 g/mol. The van der Waals surface area contributed by atoms with Gasteiger partial charge in [-0.2, -0.15) is 4.98 Å². The Morgan fingerprint density at radius 2 is 2.26 bits per heavy atom. The van der Waals surface area contributed by atoms with E-state index in [0.717, 1.165) is 0 Å². The highest BCUT2D eigenvalue weighted by Gasteiger charge is 2.29. The zero-order chi connectivity index (χ0) is 16.4. The molecule has 0 spiro atoms. The first-order chi connectivity index (χ1) is 11.0. The number of nitrogens with zero attached hydrogens (tertiary/aromatic N) is 4. The Labute approximate surface area is 132 Å². The number of imidazole rings is 1. The molecule has 1 fully saturated rings. The summed E-state index contributed by atoms with van der Waals surface area (Å²) in [5.74, 6) is 0.923. The SMILES string of the molecule is CN(C)c1cncc(O[C@@H]2CCN(C(=O)c3c[nH]c(=O)[nH]3)C2)n1. The van der Waals surface area contributed by atoms with Crippen molar-refractivity contribution in [2.75, 3.05) is 32.1 Å². The Morgan fingerprint density at radius 1 is 1.43 bits per heavy atom. The third-order valence-electron chi connectivity index (χ3n) is 3.60. The van der Waals surface area contributed by atoms with Crippen molar-refractivity contribution in [2.45, 2.75) is 12.5 Å². The normalized spacial score (nSPS) is 17.3. The zero-order valence-electron chi connectivity index (χ0n) is 12.9. The van der Waals surface area contributed by atoms with Gasteiger partial charge < -0.3 is 24.5 Å². The maximum atomic E-state index is 12.2. The molecule has 0 aliphatic carbocycles. The van der Waals surface area contributed by atoms with Crippen molar-refractivity contribution in [3.05, 3.63) is 34.8 Å².